The molecular weight excluding hydrogens is 208 g/mol. The van der Waals surface area contributed by atoms with Crippen LogP contribution in [-0.2, 0) is 0 Å². The number of H-pyrrole nitrogens is 1. The van der Waals surface area contributed by atoms with Gasteiger partial charge in [-0.1, -0.05) is 11.3 Å². The predicted octanol–water partition coefficient (Wildman–Crippen LogP) is -0.0364. The van der Waals surface area contributed by atoms with Gasteiger partial charge in [0.2, 0.25) is 0 Å². The van der Waals surface area contributed by atoms with Crippen LogP contribution in [0.5, 0.6) is 0 Å². The Morgan fingerprint density at radius 1 is 1.56 bits per heavy atom. The highest BCUT2D eigenvalue weighted by Gasteiger charge is 2.05. The quantitative estimate of drug-likeness (QED) is 0.556. The van der Waals surface area contributed by atoms with Crippen LogP contribution < -0.4 is 5.43 Å². The number of hydrogen-bond donors (Lipinski definition) is 2. The minimum absolute atomic E-state index is 0.184. The third kappa shape index (κ3) is 2.47. The molecule has 0 spiro atoms. The first-order chi connectivity index (χ1) is 7.86. The van der Waals surface area contributed by atoms with E-state index in [0.29, 0.717) is 0 Å². The maximum absolute atomic E-state index is 11.3. The van der Waals surface area contributed by atoms with E-state index in [2.05, 4.69) is 30.9 Å². The molecule has 0 aliphatic rings. The molecule has 7 heteroatoms. The Balaban J connectivity index is 1.93. The summed E-state index contributed by atoms with van der Waals surface area (Å²) in [6.45, 7) is 0. The normalized spacial score (nSPS) is 10.5. The third-order valence-corrected chi connectivity index (χ3v) is 1.71. The SMILES string of the molecule is O=C(NN=Cc1cccnc1)c1c[nH]nn1. The summed E-state index contributed by atoms with van der Waals surface area (Å²) in [7, 11) is 0. The molecular formula is C9H8N6O. The van der Waals surface area contributed by atoms with E-state index in [-0.39, 0.29) is 5.69 Å². The van der Waals surface area contributed by atoms with E-state index in [4.69, 9.17) is 0 Å². The van der Waals surface area contributed by atoms with Crippen molar-refractivity contribution in [2.45, 2.75) is 0 Å². The van der Waals surface area contributed by atoms with Crippen molar-refractivity contribution >= 4 is 12.1 Å². The molecule has 2 N–H and O–H groups in total. The van der Waals surface area contributed by atoms with Gasteiger partial charge in [0.25, 0.3) is 5.91 Å². The van der Waals surface area contributed by atoms with Crippen LogP contribution in [0, 0.1) is 0 Å². The maximum atomic E-state index is 11.3. The number of nitrogens with zero attached hydrogens (tertiary/aromatic N) is 4. The number of rotatable bonds is 3. The fourth-order valence-electron chi connectivity index (χ4n) is 0.988. The van der Waals surface area contributed by atoms with Crippen LogP contribution in [0.1, 0.15) is 16.1 Å². The minimum atomic E-state index is -0.422. The largest absolute Gasteiger partial charge is 0.293 e. The van der Waals surface area contributed by atoms with Crippen molar-refractivity contribution < 1.29 is 4.79 Å². The lowest BCUT2D eigenvalue weighted by atomic mass is 10.3. The molecule has 0 bridgehead atoms. The van der Waals surface area contributed by atoms with Gasteiger partial charge in [0.05, 0.1) is 12.4 Å². The summed E-state index contributed by atoms with van der Waals surface area (Å²) >= 11 is 0. The number of carbonyl (C=O) groups excluding carboxylic acids is 1. The molecule has 16 heavy (non-hydrogen) atoms. The average Bonchev–Trinajstić information content (AvgIpc) is 2.84. The van der Waals surface area contributed by atoms with Gasteiger partial charge in [-0.15, -0.1) is 5.10 Å². The fourth-order valence-corrected chi connectivity index (χ4v) is 0.988. The molecule has 0 aliphatic heterocycles. The Labute approximate surface area is 90.6 Å². The number of hydrazone groups is 1. The lowest BCUT2D eigenvalue weighted by Crippen LogP contribution is -2.18. The summed E-state index contributed by atoms with van der Waals surface area (Å²) in [5, 5.41) is 13.1. The van der Waals surface area contributed by atoms with Crippen LogP contribution in [0.4, 0.5) is 0 Å². The summed E-state index contributed by atoms with van der Waals surface area (Å²) < 4.78 is 0. The van der Waals surface area contributed by atoms with Crippen molar-refractivity contribution in [3.05, 3.63) is 42.0 Å². The first-order valence-corrected chi connectivity index (χ1v) is 4.46. The predicted molar refractivity (Wildman–Crippen MR) is 55.7 cm³/mol. The van der Waals surface area contributed by atoms with Gasteiger partial charge in [0.1, 0.15) is 0 Å². The van der Waals surface area contributed by atoms with Gasteiger partial charge >= 0.3 is 0 Å². The fraction of sp³-hybridized carbons (Fsp3) is 0. The molecule has 0 atom stereocenters. The molecule has 2 aromatic rings. The van der Waals surface area contributed by atoms with E-state index in [0.717, 1.165) is 5.56 Å². The zero-order chi connectivity index (χ0) is 11.2. The van der Waals surface area contributed by atoms with E-state index >= 15 is 0 Å². The number of nitrogens with one attached hydrogen (secondary N) is 2. The third-order valence-electron chi connectivity index (χ3n) is 1.71. The number of aromatic amines is 1. The van der Waals surface area contributed by atoms with Gasteiger partial charge in [-0.25, -0.2) is 5.43 Å². The highest BCUT2D eigenvalue weighted by molar-refractivity contribution is 5.92. The molecule has 0 saturated heterocycles. The van der Waals surface area contributed by atoms with Crippen LogP contribution in [0.2, 0.25) is 0 Å². The van der Waals surface area contributed by atoms with Crippen LogP contribution in [-0.4, -0.2) is 32.5 Å². The molecule has 2 rings (SSSR count). The smallest absolute Gasteiger partial charge is 0.265 e. The number of amides is 1. The molecule has 0 fully saturated rings. The number of hydrogen-bond acceptors (Lipinski definition) is 5. The second-order valence-electron chi connectivity index (χ2n) is 2.84. The summed E-state index contributed by atoms with van der Waals surface area (Å²) in [6.07, 6.45) is 6.16. The van der Waals surface area contributed by atoms with Crippen LogP contribution in [0.3, 0.4) is 0 Å². The molecule has 0 saturated carbocycles. The Hall–Kier alpha value is -2.57. The van der Waals surface area contributed by atoms with E-state index in [9.17, 15) is 4.79 Å². The average molecular weight is 216 g/mol. The zero-order valence-corrected chi connectivity index (χ0v) is 8.16. The highest BCUT2D eigenvalue weighted by atomic mass is 16.2. The van der Waals surface area contributed by atoms with Crippen LogP contribution in [0.15, 0.2) is 35.8 Å². The molecule has 2 heterocycles. The highest BCUT2D eigenvalue weighted by Crippen LogP contribution is 1.91. The van der Waals surface area contributed by atoms with Gasteiger partial charge in [0.15, 0.2) is 5.69 Å². The molecule has 7 nitrogen and oxygen atoms in total. The number of aromatic nitrogens is 4. The molecule has 0 unspecified atom stereocenters. The lowest BCUT2D eigenvalue weighted by Gasteiger charge is -1.93. The molecule has 1 amide bonds. The Bertz CT molecular complexity index is 478. The van der Waals surface area contributed by atoms with E-state index in [1.807, 2.05) is 6.07 Å². The van der Waals surface area contributed by atoms with Crippen molar-refractivity contribution in [2.75, 3.05) is 0 Å². The lowest BCUT2D eigenvalue weighted by molar-refractivity contribution is 0.0950. The molecule has 0 aliphatic carbocycles. The molecule has 0 radical (unpaired) electrons. The van der Waals surface area contributed by atoms with Crippen LogP contribution in [0.25, 0.3) is 0 Å². The molecule has 80 valence electrons. The van der Waals surface area contributed by atoms with E-state index < -0.39 is 5.91 Å². The minimum Gasteiger partial charge on any atom is -0.265 e. The van der Waals surface area contributed by atoms with Crippen molar-refractivity contribution in [2.24, 2.45) is 5.10 Å². The van der Waals surface area contributed by atoms with Crippen molar-refractivity contribution in [1.82, 2.24) is 25.8 Å². The van der Waals surface area contributed by atoms with Crippen LogP contribution >= 0.6 is 0 Å². The second-order valence-corrected chi connectivity index (χ2v) is 2.84. The summed E-state index contributed by atoms with van der Waals surface area (Å²) in [6, 6.07) is 3.60. The van der Waals surface area contributed by atoms with E-state index in [1.54, 1.807) is 18.5 Å². The maximum Gasteiger partial charge on any atom is 0.293 e. The van der Waals surface area contributed by atoms with Gasteiger partial charge in [0, 0.05) is 18.0 Å². The Morgan fingerprint density at radius 2 is 2.50 bits per heavy atom. The van der Waals surface area contributed by atoms with Crippen molar-refractivity contribution in [3.63, 3.8) is 0 Å². The Kier molecular flexibility index (Phi) is 2.98. The number of carbonyl (C=O) groups is 1. The summed E-state index contributed by atoms with van der Waals surface area (Å²) in [5.74, 6) is -0.422. The van der Waals surface area contributed by atoms with E-state index in [1.165, 1.54) is 12.4 Å². The van der Waals surface area contributed by atoms with Gasteiger partial charge < -0.3 is 0 Å². The number of pyridine rings is 1. The standard InChI is InChI=1S/C9H8N6O/c16-9(8-6-12-15-13-8)14-11-5-7-2-1-3-10-4-7/h1-6H,(H,14,16)(H,12,13,15). The van der Waals surface area contributed by atoms with Crippen molar-refractivity contribution in [3.8, 4) is 0 Å². The second kappa shape index (κ2) is 4.78. The monoisotopic (exact) mass is 216 g/mol. The molecule has 2 aromatic heterocycles. The van der Waals surface area contributed by atoms with Crippen molar-refractivity contribution in [1.29, 1.82) is 0 Å². The zero-order valence-electron chi connectivity index (χ0n) is 8.16. The van der Waals surface area contributed by atoms with Gasteiger partial charge in [-0.3, -0.25) is 14.9 Å². The summed E-state index contributed by atoms with van der Waals surface area (Å²) in [5.41, 5.74) is 3.29. The summed E-state index contributed by atoms with van der Waals surface area (Å²) in [4.78, 5) is 15.2. The first kappa shape index (κ1) is 9.97. The van der Waals surface area contributed by atoms with Gasteiger partial charge in [-0.2, -0.15) is 5.10 Å². The van der Waals surface area contributed by atoms with Gasteiger partial charge in [-0.05, 0) is 6.07 Å². The topological polar surface area (TPSA) is 95.9 Å². The Morgan fingerprint density at radius 3 is 3.19 bits per heavy atom. The first-order valence-electron chi connectivity index (χ1n) is 4.46. The molecule has 0 aromatic carbocycles.